The van der Waals surface area contributed by atoms with E-state index in [0.29, 0.717) is 34.7 Å². The Labute approximate surface area is 393 Å². The summed E-state index contributed by atoms with van der Waals surface area (Å²) in [6.45, 7) is 18.1. The van der Waals surface area contributed by atoms with Gasteiger partial charge in [0.25, 0.3) is 0 Å². The number of aromatic nitrogens is 1. The number of benzene rings is 4. The Kier molecular flexibility index (Phi) is 17.3. The molecular formula is C48H57BN6O5S4. The molecule has 16 heteroatoms. The van der Waals surface area contributed by atoms with Gasteiger partial charge >= 0.3 is 159 Å². The number of carboxylic acid groups (broad SMARTS) is 1. The number of unbranched alkanes of at least 4 members (excludes halogenated alkanes) is 1. The molecule has 0 bridgehead atoms. The standard InChI is InChI=1S/C28H35N3S.C20H22BN3O5S3/c1-6-31(7-2)20-14-15-23-25(18-20)32-26-19-24(29-17-11-10-16-28(3,4)5)21-12-8-9-13-22(21)27(26)30-23;1-3-22-21-32-16(26)8-15-18(27)24-17(20(28)29)12(10-31-19(15)24)9-30-14-6-4-13(5-7-14)23-11(2)25/h8-9,12-15,18-19H,6-7,10-11,16-17H2,1-5H3;4-7,15,19H,3,8-10H2,1-2H3,(H,23,25)(H,28,29). The van der Waals surface area contributed by atoms with Gasteiger partial charge in [0.15, 0.2) is 0 Å². The van der Waals surface area contributed by atoms with Crippen LogP contribution in [0.5, 0.6) is 0 Å². The molecule has 7 rings (SSSR count). The van der Waals surface area contributed by atoms with Crippen LogP contribution in [0.3, 0.4) is 0 Å². The number of fused-ring (bicyclic) bond motifs is 5. The summed E-state index contributed by atoms with van der Waals surface area (Å²) in [6, 6.07) is 24.8. The number of nitrogens with one attached hydrogen (secondary N) is 1. The molecule has 64 heavy (non-hydrogen) atoms. The molecule has 3 aromatic carbocycles. The van der Waals surface area contributed by atoms with Crippen molar-refractivity contribution in [2.75, 3.05) is 47.9 Å². The monoisotopic (exact) mass is 936 g/mol. The number of anilines is 2. The molecule has 3 aliphatic heterocycles. The Morgan fingerprint density at radius 2 is 1.73 bits per heavy atom. The van der Waals surface area contributed by atoms with E-state index in [9.17, 15) is 24.3 Å². The number of β-lactam (4-membered cyclic amide) rings is 1. The van der Waals surface area contributed by atoms with Crippen LogP contribution in [0.2, 0.25) is 0 Å². The summed E-state index contributed by atoms with van der Waals surface area (Å²) in [5, 5.41) is 15.5. The van der Waals surface area contributed by atoms with Crippen LogP contribution in [-0.4, -0.2) is 87.3 Å². The zero-order valence-corrected chi connectivity index (χ0v) is 40.9. The molecule has 0 spiro atoms. The number of carbonyl (C=O) groups is 4. The quantitative estimate of drug-likeness (QED) is 0.0245. The Hall–Kier alpha value is -4.51. The first kappa shape index (κ1) is 48.9. The second kappa shape index (κ2) is 22.6. The molecule has 336 valence electrons. The van der Waals surface area contributed by atoms with Gasteiger partial charge in [-0.05, 0) is 68.5 Å². The third-order valence-electron chi connectivity index (χ3n) is 10.9. The summed E-state index contributed by atoms with van der Waals surface area (Å²) < 4.78 is 1.23. The van der Waals surface area contributed by atoms with Crippen LogP contribution >= 0.6 is 46.5 Å². The van der Waals surface area contributed by atoms with Crippen molar-refractivity contribution in [3.05, 3.63) is 89.4 Å². The van der Waals surface area contributed by atoms with E-state index < -0.39 is 11.9 Å². The van der Waals surface area contributed by atoms with Crippen LogP contribution in [0.25, 0.3) is 31.6 Å². The van der Waals surface area contributed by atoms with E-state index in [0.717, 1.165) is 59.1 Å². The molecule has 3 aromatic rings. The summed E-state index contributed by atoms with van der Waals surface area (Å²) in [7, 11) is 0. The van der Waals surface area contributed by atoms with Gasteiger partial charge in [-0.2, -0.15) is 0 Å². The number of hydrogen-bond acceptors (Lipinski definition) is 12. The second-order valence-electron chi connectivity index (χ2n) is 16.8. The van der Waals surface area contributed by atoms with Gasteiger partial charge in [-0.15, -0.1) is 11.3 Å². The number of carboxylic acids is 1. The fraction of sp³-hybridized carbons (Fsp3) is 0.417. The van der Waals surface area contributed by atoms with E-state index >= 15 is 0 Å². The van der Waals surface area contributed by atoms with Gasteiger partial charge < -0.3 is 10.2 Å². The first-order valence-corrected chi connectivity index (χ1v) is 25.5. The van der Waals surface area contributed by atoms with E-state index in [2.05, 4.69) is 98.3 Å². The Morgan fingerprint density at radius 3 is 2.41 bits per heavy atom. The summed E-state index contributed by atoms with van der Waals surface area (Å²) in [5.74, 6) is -1.18. The predicted molar refractivity (Wildman–Crippen MR) is 270 cm³/mol. The summed E-state index contributed by atoms with van der Waals surface area (Å²) in [6.07, 6.45) is 5.16. The number of aliphatic carboxylic acids is 1. The van der Waals surface area contributed by atoms with Gasteiger partial charge in [-0.3, -0.25) is 9.79 Å². The van der Waals surface area contributed by atoms with Crippen molar-refractivity contribution in [3.8, 4) is 10.6 Å². The van der Waals surface area contributed by atoms with E-state index in [4.69, 9.17) is 9.98 Å². The van der Waals surface area contributed by atoms with Crippen LogP contribution in [-0.2, 0) is 19.2 Å². The molecule has 2 unspecified atom stereocenters. The van der Waals surface area contributed by atoms with Gasteiger partial charge in [-0.1, -0.05) is 51.5 Å². The maximum atomic E-state index is 12.7. The summed E-state index contributed by atoms with van der Waals surface area (Å²) >= 11 is 5.77. The fourth-order valence-electron chi connectivity index (χ4n) is 7.64. The maximum absolute atomic E-state index is 12.7. The number of rotatable bonds is 16. The van der Waals surface area contributed by atoms with Crippen molar-refractivity contribution < 1.29 is 24.3 Å². The number of carbonyl (C=O) groups excluding carboxylic acids is 3. The summed E-state index contributed by atoms with van der Waals surface area (Å²) in [5.41, 5.74) is 5.21. The van der Waals surface area contributed by atoms with Crippen LogP contribution in [0.15, 0.2) is 98.8 Å². The Bertz CT molecular complexity index is 2590. The number of nitrogens with zero attached hydrogens (tertiary/aromatic N) is 5. The van der Waals surface area contributed by atoms with E-state index in [-0.39, 0.29) is 34.4 Å². The minimum atomic E-state index is -1.13. The molecule has 2 N–H and O–H groups in total. The van der Waals surface area contributed by atoms with Crippen molar-refractivity contribution in [1.82, 2.24) is 9.88 Å². The first-order valence-electron chi connectivity index (χ1n) is 21.8. The van der Waals surface area contributed by atoms with E-state index in [1.54, 1.807) is 12.1 Å². The van der Waals surface area contributed by atoms with E-state index in [1.165, 1.54) is 80.6 Å². The van der Waals surface area contributed by atoms with Crippen LogP contribution in [0.1, 0.15) is 74.1 Å². The molecule has 1 aliphatic carbocycles. The van der Waals surface area contributed by atoms with Crippen LogP contribution < -0.4 is 15.6 Å². The van der Waals surface area contributed by atoms with Crippen molar-refractivity contribution >= 4 is 108 Å². The van der Waals surface area contributed by atoms with Gasteiger partial charge in [0, 0.05) is 48.7 Å². The predicted octanol–water partition coefficient (Wildman–Crippen LogP) is 10.6. The van der Waals surface area contributed by atoms with Crippen LogP contribution in [0.4, 0.5) is 11.4 Å². The van der Waals surface area contributed by atoms with Gasteiger partial charge in [0.1, 0.15) is 0 Å². The van der Waals surface area contributed by atoms with Crippen LogP contribution in [0, 0.1) is 11.3 Å². The fourth-order valence-corrected chi connectivity index (χ4v) is 11.8. The summed E-state index contributed by atoms with van der Waals surface area (Å²) in [4.78, 5) is 67.8. The molecule has 4 aliphatic rings. The second-order valence-corrected chi connectivity index (χ2v) is 20.9. The molecule has 2 amide bonds. The zero-order valence-electron chi connectivity index (χ0n) is 37.7. The average Bonchev–Trinajstić information content (AvgIpc) is 3.27. The molecule has 2 atom stereocenters. The number of hydrogen-bond donors (Lipinski definition) is 2. The average molecular weight is 937 g/mol. The molecule has 0 aromatic heterocycles. The third kappa shape index (κ3) is 12.4. The Morgan fingerprint density at radius 1 is 1.00 bits per heavy atom. The Balaban J connectivity index is 0.000000213. The molecule has 0 radical (unpaired) electrons. The SMILES string of the molecule is CCN(CC)c1ccc2nc3c4ccccc4c(=NCCCCC(C)(C)C)cc-3sc2c1.CCN=BSC(=O)CC1C(=O)N2C(C(=O)O)=C(CSc3ccc(NC(C)=O)cc3)CSC12. The number of amides is 2. The van der Waals surface area contributed by atoms with Crippen molar-refractivity contribution in [1.29, 1.82) is 0 Å². The van der Waals surface area contributed by atoms with Crippen molar-refractivity contribution in [2.24, 2.45) is 21.2 Å². The third-order valence-corrected chi connectivity index (χ3v) is 15.1. The van der Waals surface area contributed by atoms with Crippen molar-refractivity contribution in [2.45, 2.75) is 84.4 Å². The minimum absolute atomic E-state index is 0.0324. The van der Waals surface area contributed by atoms with Crippen molar-refractivity contribution in [3.63, 3.8) is 0 Å². The zero-order chi connectivity index (χ0) is 46.0. The normalized spacial score (nSPS) is 16.4. The van der Waals surface area contributed by atoms with Gasteiger partial charge in [0.05, 0.1) is 26.1 Å². The molecule has 0 saturated carbocycles. The number of thioether (sulfide) groups is 2. The molecule has 11 nitrogen and oxygen atoms in total. The molecule has 3 heterocycles. The molecule has 1 saturated heterocycles. The van der Waals surface area contributed by atoms with Gasteiger partial charge in [0.2, 0.25) is 5.91 Å². The van der Waals surface area contributed by atoms with Gasteiger partial charge in [-0.25, -0.2) is 4.98 Å². The topological polar surface area (TPSA) is 145 Å². The van der Waals surface area contributed by atoms with E-state index in [1.807, 2.05) is 30.4 Å². The molecule has 1 fully saturated rings. The first-order chi connectivity index (χ1) is 30.7. The molecular weight excluding hydrogens is 880 g/mol.